The van der Waals surface area contributed by atoms with Crippen molar-refractivity contribution in [2.75, 3.05) is 20.2 Å². The second-order valence-electron chi connectivity index (χ2n) is 9.29. The van der Waals surface area contributed by atoms with Gasteiger partial charge in [0.2, 0.25) is 6.41 Å². The molecule has 9 heteroatoms. The third-order valence-electron chi connectivity index (χ3n) is 7.17. The largest absolute Gasteiger partial charge is 0.495 e. The molecule has 6 rings (SSSR count). The van der Waals surface area contributed by atoms with Gasteiger partial charge in [-0.05, 0) is 36.1 Å². The third-order valence-corrected chi connectivity index (χ3v) is 7.70. The highest BCUT2D eigenvalue weighted by molar-refractivity contribution is 9.10. The predicted molar refractivity (Wildman–Crippen MR) is 132 cm³/mol. The van der Waals surface area contributed by atoms with Gasteiger partial charge in [-0.1, -0.05) is 58.4 Å². The smallest absolute Gasteiger partial charge is 0.282 e. The van der Waals surface area contributed by atoms with Gasteiger partial charge in [-0.15, -0.1) is 0 Å². The summed E-state index contributed by atoms with van der Waals surface area (Å²) in [6.45, 7) is -0.812. The van der Waals surface area contributed by atoms with E-state index >= 15 is 0 Å². The number of benzene rings is 2. The molecule has 2 aliphatic heterocycles. The van der Waals surface area contributed by atoms with Crippen molar-refractivity contribution in [2.24, 2.45) is 0 Å². The number of carbonyl (C=O) groups is 1. The van der Waals surface area contributed by atoms with Gasteiger partial charge in [0.25, 0.3) is 5.92 Å². The third kappa shape index (κ3) is 3.85. The molecule has 1 N–H and O–H groups in total. The van der Waals surface area contributed by atoms with Gasteiger partial charge in [-0.25, -0.2) is 8.78 Å². The van der Waals surface area contributed by atoms with Gasteiger partial charge < -0.3 is 19.5 Å². The van der Waals surface area contributed by atoms with Crippen LogP contribution in [0.1, 0.15) is 35.4 Å². The number of nitrogens with zero attached hydrogens (tertiary/aromatic N) is 2. The quantitative estimate of drug-likeness (QED) is 0.456. The first-order chi connectivity index (χ1) is 17.2. The van der Waals surface area contributed by atoms with Crippen LogP contribution in [0.3, 0.4) is 0 Å². The molecule has 36 heavy (non-hydrogen) atoms. The Balaban J connectivity index is 0.000000286. The molecule has 188 valence electrons. The second kappa shape index (κ2) is 9.12. The van der Waals surface area contributed by atoms with Gasteiger partial charge in [0.1, 0.15) is 17.1 Å². The van der Waals surface area contributed by atoms with Crippen LogP contribution in [0.2, 0.25) is 0 Å². The summed E-state index contributed by atoms with van der Waals surface area (Å²) in [6, 6.07) is 18.3. The SMILES string of the molecule is COc1cncc2c1C1(O)CCC(c3ccccc3)C1(c1ccc(Br)cc1)O2.O=CN1CC(F)(F)C1. The molecule has 6 nitrogen and oxygen atoms in total. The molecule has 1 saturated heterocycles. The maximum absolute atomic E-state index is 12.2. The molecule has 2 aromatic carbocycles. The van der Waals surface area contributed by atoms with Crippen LogP contribution in [0.5, 0.6) is 11.5 Å². The Morgan fingerprint density at radius 1 is 1.14 bits per heavy atom. The van der Waals surface area contributed by atoms with E-state index in [0.717, 1.165) is 26.9 Å². The number of amides is 1. The summed E-state index contributed by atoms with van der Waals surface area (Å²) < 4.78 is 36.7. The van der Waals surface area contributed by atoms with Gasteiger partial charge in [-0.2, -0.15) is 0 Å². The van der Waals surface area contributed by atoms with Crippen molar-refractivity contribution in [3.05, 3.63) is 88.2 Å². The van der Waals surface area contributed by atoms with E-state index in [9.17, 15) is 18.7 Å². The minimum absolute atomic E-state index is 0.00279. The molecule has 0 radical (unpaired) electrons. The number of pyridine rings is 1. The monoisotopic (exact) mass is 558 g/mol. The van der Waals surface area contributed by atoms with Crippen LogP contribution in [0.15, 0.2) is 71.5 Å². The normalized spacial score (nSPS) is 27.0. The van der Waals surface area contributed by atoms with Crippen LogP contribution < -0.4 is 9.47 Å². The zero-order valence-electron chi connectivity index (χ0n) is 19.5. The van der Waals surface area contributed by atoms with Gasteiger partial charge >= 0.3 is 0 Å². The number of halogens is 3. The van der Waals surface area contributed by atoms with Crippen LogP contribution >= 0.6 is 15.9 Å². The Kier molecular flexibility index (Phi) is 6.24. The lowest BCUT2D eigenvalue weighted by Gasteiger charge is -2.40. The van der Waals surface area contributed by atoms with Crippen LogP contribution in [-0.2, 0) is 16.0 Å². The van der Waals surface area contributed by atoms with Crippen molar-refractivity contribution in [2.45, 2.75) is 35.9 Å². The number of hydrogen-bond acceptors (Lipinski definition) is 5. The summed E-state index contributed by atoms with van der Waals surface area (Å²) in [5.74, 6) is -1.46. The first kappa shape index (κ1) is 24.6. The molecule has 1 amide bonds. The summed E-state index contributed by atoms with van der Waals surface area (Å²) >= 11 is 3.52. The summed E-state index contributed by atoms with van der Waals surface area (Å²) in [5, 5.41) is 12.2. The maximum atomic E-state index is 12.2. The van der Waals surface area contributed by atoms with E-state index in [4.69, 9.17) is 9.47 Å². The molecule has 1 aliphatic carbocycles. The number of carbonyl (C=O) groups excluding carboxylic acids is 1. The van der Waals surface area contributed by atoms with Crippen molar-refractivity contribution in [3.8, 4) is 11.5 Å². The van der Waals surface area contributed by atoms with Gasteiger partial charge in [-0.3, -0.25) is 9.78 Å². The average molecular weight is 559 g/mol. The molecular weight excluding hydrogens is 534 g/mol. The van der Waals surface area contributed by atoms with Gasteiger partial charge in [0.15, 0.2) is 5.60 Å². The standard InChI is InChI=1S/C23H20BrNO3.C4H5F2NO/c1-27-19-13-25-14-20-21(19)22(26)12-11-18(15-5-3-2-4-6-15)23(22,28-20)16-7-9-17(24)10-8-16;5-4(6)1-7(2-4)3-8/h2-10,13-14,18,26H,11-12H2,1H3;3H,1-2H2. The van der Waals surface area contributed by atoms with E-state index in [1.807, 2.05) is 42.5 Å². The average Bonchev–Trinajstić information content (AvgIpc) is 3.30. The molecule has 1 saturated carbocycles. The highest BCUT2D eigenvalue weighted by atomic mass is 79.9. The Morgan fingerprint density at radius 2 is 1.83 bits per heavy atom. The summed E-state index contributed by atoms with van der Waals surface area (Å²) in [5.41, 5.74) is 0.661. The number of rotatable bonds is 4. The lowest BCUT2D eigenvalue weighted by molar-refractivity contribution is -0.153. The first-order valence-corrected chi connectivity index (χ1v) is 12.4. The maximum Gasteiger partial charge on any atom is 0.282 e. The molecule has 3 aliphatic rings. The highest BCUT2D eigenvalue weighted by Crippen LogP contribution is 2.67. The molecule has 2 fully saturated rings. The second-order valence-corrected chi connectivity index (χ2v) is 10.2. The Hall–Kier alpha value is -3.04. The number of alkyl halides is 2. The minimum Gasteiger partial charge on any atom is -0.495 e. The molecule has 0 spiro atoms. The van der Waals surface area contributed by atoms with Crippen LogP contribution in [0.25, 0.3) is 0 Å². The van der Waals surface area contributed by atoms with Gasteiger partial charge in [0, 0.05) is 10.4 Å². The number of hydrogen-bond donors (Lipinski definition) is 1. The molecule has 3 atom stereocenters. The molecular formula is C27H25BrF2N2O4. The molecule has 3 heterocycles. The molecule has 1 aromatic heterocycles. The number of likely N-dealkylation sites (tertiary alicyclic amines) is 1. The molecule has 3 unspecified atom stereocenters. The van der Waals surface area contributed by atoms with Crippen molar-refractivity contribution in [1.29, 1.82) is 0 Å². The van der Waals surface area contributed by atoms with Crippen molar-refractivity contribution >= 4 is 22.3 Å². The number of aromatic nitrogens is 1. The first-order valence-electron chi connectivity index (χ1n) is 11.6. The van der Waals surface area contributed by atoms with E-state index in [-0.39, 0.29) is 5.92 Å². The van der Waals surface area contributed by atoms with Crippen molar-refractivity contribution < 1.29 is 28.2 Å². The lowest BCUT2D eigenvalue weighted by Crippen LogP contribution is -2.55. The van der Waals surface area contributed by atoms with E-state index < -0.39 is 30.2 Å². The van der Waals surface area contributed by atoms with E-state index in [2.05, 4.69) is 33.0 Å². The zero-order chi connectivity index (χ0) is 25.6. The Morgan fingerprint density at radius 3 is 2.42 bits per heavy atom. The number of ether oxygens (including phenoxy) is 2. The van der Waals surface area contributed by atoms with E-state index in [1.54, 1.807) is 19.5 Å². The fraction of sp³-hybridized carbons (Fsp3) is 0.333. The highest BCUT2D eigenvalue weighted by Gasteiger charge is 2.69. The lowest BCUT2D eigenvalue weighted by atomic mass is 9.72. The number of aliphatic hydroxyl groups is 1. The summed E-state index contributed by atoms with van der Waals surface area (Å²) in [7, 11) is 1.60. The van der Waals surface area contributed by atoms with Crippen LogP contribution in [0.4, 0.5) is 8.78 Å². The van der Waals surface area contributed by atoms with Gasteiger partial charge in [0.05, 0.1) is 38.2 Å². The fourth-order valence-corrected chi connectivity index (χ4v) is 5.90. The number of methoxy groups -OCH3 is 1. The molecule has 3 aromatic rings. The molecule has 0 bridgehead atoms. The van der Waals surface area contributed by atoms with E-state index in [1.165, 1.54) is 0 Å². The topological polar surface area (TPSA) is 71.9 Å². The van der Waals surface area contributed by atoms with Crippen molar-refractivity contribution in [3.63, 3.8) is 0 Å². The fourth-order valence-electron chi connectivity index (χ4n) is 5.64. The Labute approximate surface area is 216 Å². The summed E-state index contributed by atoms with van der Waals surface area (Å²) in [6.07, 6.45) is 5.14. The van der Waals surface area contributed by atoms with Crippen LogP contribution in [0, 0.1) is 0 Å². The zero-order valence-corrected chi connectivity index (χ0v) is 21.1. The predicted octanol–water partition coefficient (Wildman–Crippen LogP) is 5.00. The van der Waals surface area contributed by atoms with E-state index in [0.29, 0.717) is 29.9 Å². The van der Waals surface area contributed by atoms with Crippen LogP contribution in [-0.4, -0.2) is 47.5 Å². The summed E-state index contributed by atoms with van der Waals surface area (Å²) in [4.78, 5) is 14.9. The minimum atomic E-state index is -2.61. The number of fused-ring (bicyclic) bond motifs is 3. The van der Waals surface area contributed by atoms with Crippen molar-refractivity contribution in [1.82, 2.24) is 9.88 Å². The Bertz CT molecular complexity index is 1250.